The number of rotatable bonds is 4. The molecule has 14 aromatic rings. The van der Waals surface area contributed by atoms with Gasteiger partial charge in [0.05, 0.1) is 22.1 Å². The Balaban J connectivity index is 1.04. The Hall–Kier alpha value is -8.40. The molecule has 3 aromatic heterocycles. The van der Waals surface area contributed by atoms with Gasteiger partial charge in [0, 0.05) is 43.7 Å². The Bertz CT molecular complexity index is 4130. The third kappa shape index (κ3) is 4.96. The third-order valence-corrected chi connectivity index (χ3v) is 13.4. The number of furan rings is 1. The van der Waals surface area contributed by atoms with E-state index in [4.69, 9.17) is 4.42 Å². The zero-order valence-corrected chi connectivity index (χ0v) is 34.1. The van der Waals surface area contributed by atoms with Crippen LogP contribution in [0.4, 0.5) is 0 Å². The highest BCUT2D eigenvalue weighted by atomic mass is 16.3. The first-order chi connectivity index (χ1) is 31.2. The zero-order chi connectivity index (χ0) is 41.2. The number of para-hydroxylation sites is 3. The average molecular weight is 801 g/mol. The van der Waals surface area contributed by atoms with Crippen molar-refractivity contribution in [3.05, 3.63) is 218 Å². The number of aromatic nitrogens is 2. The quantitative estimate of drug-likeness (QED) is 0.163. The molecule has 11 aromatic carbocycles. The maximum atomic E-state index is 6.46. The van der Waals surface area contributed by atoms with E-state index in [9.17, 15) is 0 Å². The molecule has 0 fully saturated rings. The van der Waals surface area contributed by atoms with Crippen molar-refractivity contribution in [1.82, 2.24) is 9.13 Å². The van der Waals surface area contributed by atoms with Crippen molar-refractivity contribution in [2.24, 2.45) is 0 Å². The molecule has 14 rings (SSSR count). The van der Waals surface area contributed by atoms with Gasteiger partial charge in [-0.2, -0.15) is 0 Å². The van der Waals surface area contributed by atoms with Gasteiger partial charge in [0.1, 0.15) is 11.2 Å². The van der Waals surface area contributed by atoms with Gasteiger partial charge in [-0.3, -0.25) is 0 Å². The largest absolute Gasteiger partial charge is 0.456 e. The van der Waals surface area contributed by atoms with E-state index >= 15 is 0 Å². The van der Waals surface area contributed by atoms with Gasteiger partial charge in [-0.25, -0.2) is 0 Å². The first-order valence-corrected chi connectivity index (χ1v) is 21.7. The molecule has 0 saturated carbocycles. The summed E-state index contributed by atoms with van der Waals surface area (Å²) in [6.45, 7) is 0. The molecule has 3 nitrogen and oxygen atoms in total. The van der Waals surface area contributed by atoms with Crippen molar-refractivity contribution >= 4 is 97.9 Å². The molecule has 0 amide bonds. The summed E-state index contributed by atoms with van der Waals surface area (Å²) >= 11 is 0. The van der Waals surface area contributed by atoms with E-state index in [1.807, 2.05) is 0 Å². The van der Waals surface area contributed by atoms with E-state index in [1.54, 1.807) is 0 Å². The van der Waals surface area contributed by atoms with Crippen molar-refractivity contribution in [1.29, 1.82) is 0 Å². The van der Waals surface area contributed by atoms with Gasteiger partial charge in [-0.1, -0.05) is 140 Å². The molecule has 0 aliphatic rings. The van der Waals surface area contributed by atoms with E-state index < -0.39 is 0 Å². The molecule has 0 aliphatic carbocycles. The molecule has 0 N–H and O–H groups in total. The summed E-state index contributed by atoms with van der Waals surface area (Å²) in [6.07, 6.45) is 0. The van der Waals surface area contributed by atoms with Crippen molar-refractivity contribution in [3.8, 4) is 33.6 Å². The molecule has 0 aliphatic heterocycles. The average Bonchev–Trinajstić information content (AvgIpc) is 3.98. The molecule has 3 heteroatoms. The normalized spacial score (nSPS) is 12.1. The highest BCUT2D eigenvalue weighted by Gasteiger charge is 2.22. The standard InChI is InChI=1S/C60H36N2O/c1-3-17-41(18-4-1)61-53-26-14-13-21-43(53)49-35-50-48-32-39(27-29-54(48)62(56(50)36-55(49)61)42-19-5-2-6-20-42)59-44-22-9-11-24-46(44)60(47-25-12-10-23-45(47)59)40-28-30-57-51(33-40)52-31-37-15-7-8-16-38(37)34-58(52)63-57/h1-36H. The first kappa shape index (κ1) is 34.3. The minimum absolute atomic E-state index is 0.902. The summed E-state index contributed by atoms with van der Waals surface area (Å²) in [7, 11) is 0. The van der Waals surface area contributed by atoms with Crippen LogP contribution in [0, 0.1) is 0 Å². The van der Waals surface area contributed by atoms with Crippen LogP contribution in [0.25, 0.3) is 131 Å². The molecular weight excluding hydrogens is 765 g/mol. The Morgan fingerprint density at radius 2 is 0.698 bits per heavy atom. The summed E-state index contributed by atoms with van der Waals surface area (Å²) in [5.41, 5.74) is 13.7. The van der Waals surface area contributed by atoms with Gasteiger partial charge >= 0.3 is 0 Å². The van der Waals surface area contributed by atoms with Gasteiger partial charge in [0.15, 0.2) is 0 Å². The fraction of sp³-hybridized carbons (Fsp3) is 0. The van der Waals surface area contributed by atoms with Crippen molar-refractivity contribution < 1.29 is 4.42 Å². The molecule has 3 heterocycles. The van der Waals surface area contributed by atoms with Crippen LogP contribution in [0.2, 0.25) is 0 Å². The van der Waals surface area contributed by atoms with E-state index in [-0.39, 0.29) is 0 Å². The molecule has 0 unspecified atom stereocenters. The van der Waals surface area contributed by atoms with Gasteiger partial charge in [0.2, 0.25) is 0 Å². The molecular formula is C60H36N2O. The van der Waals surface area contributed by atoms with Crippen LogP contribution in [-0.2, 0) is 0 Å². The Morgan fingerprint density at radius 1 is 0.254 bits per heavy atom. The van der Waals surface area contributed by atoms with Crippen LogP contribution < -0.4 is 0 Å². The Morgan fingerprint density at radius 3 is 1.32 bits per heavy atom. The Labute approximate surface area is 361 Å². The number of hydrogen-bond acceptors (Lipinski definition) is 1. The number of hydrogen-bond donors (Lipinski definition) is 0. The van der Waals surface area contributed by atoms with Crippen molar-refractivity contribution in [2.45, 2.75) is 0 Å². The highest BCUT2D eigenvalue weighted by Crippen LogP contribution is 2.47. The van der Waals surface area contributed by atoms with Crippen LogP contribution >= 0.6 is 0 Å². The van der Waals surface area contributed by atoms with Crippen molar-refractivity contribution in [3.63, 3.8) is 0 Å². The molecule has 0 radical (unpaired) electrons. The molecule has 0 bridgehead atoms. The van der Waals surface area contributed by atoms with E-state index in [1.165, 1.54) is 98.2 Å². The third-order valence-electron chi connectivity index (χ3n) is 13.4. The lowest BCUT2D eigenvalue weighted by Crippen LogP contribution is -1.95. The van der Waals surface area contributed by atoms with Crippen LogP contribution in [0.15, 0.2) is 223 Å². The van der Waals surface area contributed by atoms with Crippen LogP contribution in [0.1, 0.15) is 0 Å². The molecule has 63 heavy (non-hydrogen) atoms. The molecule has 0 spiro atoms. The lowest BCUT2D eigenvalue weighted by atomic mass is 9.85. The van der Waals surface area contributed by atoms with Gasteiger partial charge in [0.25, 0.3) is 0 Å². The number of fused-ring (bicyclic) bond motifs is 12. The summed E-state index contributed by atoms with van der Waals surface area (Å²) in [4.78, 5) is 0. The molecule has 0 saturated heterocycles. The minimum Gasteiger partial charge on any atom is -0.456 e. The lowest BCUT2D eigenvalue weighted by molar-refractivity contribution is 0.669. The van der Waals surface area contributed by atoms with Gasteiger partial charge < -0.3 is 13.6 Å². The SMILES string of the molecule is c1ccc(-n2c3ccccc3c3cc4c5cc(-c6c7ccccc7c(-c7ccc8oc9cc%10ccccc%10cc9c8c7)c7ccccc67)ccc5n(-c5ccccc5)c4cc32)cc1. The first-order valence-electron chi connectivity index (χ1n) is 21.7. The highest BCUT2D eigenvalue weighted by molar-refractivity contribution is 6.24. The monoisotopic (exact) mass is 800 g/mol. The lowest BCUT2D eigenvalue weighted by Gasteiger charge is -2.18. The maximum Gasteiger partial charge on any atom is 0.136 e. The summed E-state index contributed by atoms with van der Waals surface area (Å²) in [5, 5.41) is 14.5. The summed E-state index contributed by atoms with van der Waals surface area (Å²) in [5.74, 6) is 0. The second-order valence-electron chi connectivity index (χ2n) is 16.8. The topological polar surface area (TPSA) is 23.0 Å². The number of nitrogens with zero attached hydrogens (tertiary/aromatic N) is 2. The van der Waals surface area contributed by atoms with Crippen molar-refractivity contribution in [2.75, 3.05) is 0 Å². The fourth-order valence-electron chi connectivity index (χ4n) is 10.7. The number of benzene rings is 11. The van der Waals surface area contributed by atoms with E-state index in [0.717, 1.165) is 33.3 Å². The smallest absolute Gasteiger partial charge is 0.136 e. The predicted molar refractivity (Wildman–Crippen MR) is 266 cm³/mol. The van der Waals surface area contributed by atoms with E-state index in [0.29, 0.717) is 0 Å². The summed E-state index contributed by atoms with van der Waals surface area (Å²) in [6, 6.07) is 79.9. The van der Waals surface area contributed by atoms with Gasteiger partial charge in [-0.15, -0.1) is 0 Å². The predicted octanol–water partition coefficient (Wildman–Crippen LogP) is 16.6. The minimum atomic E-state index is 0.902. The van der Waals surface area contributed by atoms with Crippen LogP contribution in [0.3, 0.4) is 0 Å². The fourth-order valence-corrected chi connectivity index (χ4v) is 10.7. The molecule has 292 valence electrons. The zero-order valence-electron chi connectivity index (χ0n) is 34.1. The van der Waals surface area contributed by atoms with E-state index in [2.05, 4.69) is 228 Å². The second kappa shape index (κ2) is 13.1. The Kier molecular flexibility index (Phi) is 7.11. The maximum absolute atomic E-state index is 6.46. The summed E-state index contributed by atoms with van der Waals surface area (Å²) < 4.78 is 11.3. The second-order valence-corrected chi connectivity index (χ2v) is 16.8. The van der Waals surface area contributed by atoms with Crippen LogP contribution in [-0.4, -0.2) is 9.13 Å². The molecule has 0 atom stereocenters. The van der Waals surface area contributed by atoms with Crippen LogP contribution in [0.5, 0.6) is 0 Å². The van der Waals surface area contributed by atoms with Gasteiger partial charge in [-0.05, 0) is 133 Å².